The lowest BCUT2D eigenvalue weighted by molar-refractivity contribution is 0.161. The average Bonchev–Trinajstić information content (AvgIpc) is 2.25. The molecule has 0 unspecified atom stereocenters. The molecule has 0 aromatic heterocycles. The third kappa shape index (κ3) is 5.03. The predicted octanol–water partition coefficient (Wildman–Crippen LogP) is 3.40. The van der Waals surface area contributed by atoms with E-state index in [1.807, 2.05) is 0 Å². The molecule has 1 heteroatoms. The highest BCUT2D eigenvalue weighted by molar-refractivity contribution is 5.01. The Labute approximate surface area is 102 Å². The maximum Gasteiger partial charge on any atom is 0.0217 e. The second kappa shape index (κ2) is 6.97. The van der Waals surface area contributed by atoms with Crippen molar-refractivity contribution in [2.45, 2.75) is 47.0 Å². The van der Waals surface area contributed by atoms with Crippen molar-refractivity contribution in [3.8, 4) is 11.8 Å². The molecule has 0 saturated carbocycles. The summed E-state index contributed by atoms with van der Waals surface area (Å²) in [7, 11) is 0. The van der Waals surface area contributed by atoms with E-state index in [9.17, 15) is 0 Å². The van der Waals surface area contributed by atoms with Gasteiger partial charge in [-0.05, 0) is 37.8 Å². The molecule has 0 bridgehead atoms. The molecule has 92 valence electrons. The molecule has 0 aromatic carbocycles. The van der Waals surface area contributed by atoms with E-state index >= 15 is 0 Å². The number of likely N-dealkylation sites (tertiary alicyclic amines) is 1. The first kappa shape index (κ1) is 13.6. The molecular formula is C15H27N. The summed E-state index contributed by atoms with van der Waals surface area (Å²) in [5.74, 6) is 8.85. The molecule has 1 saturated heterocycles. The molecule has 1 rings (SSSR count). The number of hydrogen-bond donors (Lipinski definition) is 0. The molecule has 16 heavy (non-hydrogen) atoms. The number of nitrogens with zero attached hydrogens (tertiary/aromatic N) is 1. The zero-order valence-electron chi connectivity index (χ0n) is 11.4. The second-order valence-corrected chi connectivity index (χ2v) is 5.65. The Morgan fingerprint density at radius 3 is 2.25 bits per heavy atom. The van der Waals surface area contributed by atoms with E-state index < -0.39 is 0 Å². The summed E-state index contributed by atoms with van der Waals surface area (Å²) in [4.78, 5) is 2.58. The first-order valence-corrected chi connectivity index (χ1v) is 6.80. The van der Waals surface area contributed by atoms with E-state index in [0.29, 0.717) is 5.92 Å². The van der Waals surface area contributed by atoms with E-state index in [-0.39, 0.29) is 0 Å². The van der Waals surface area contributed by atoms with Gasteiger partial charge in [0.2, 0.25) is 0 Å². The van der Waals surface area contributed by atoms with Crippen LogP contribution in [0, 0.1) is 29.6 Å². The average molecular weight is 221 g/mol. The van der Waals surface area contributed by atoms with Crippen LogP contribution in [-0.2, 0) is 0 Å². The van der Waals surface area contributed by atoms with E-state index in [0.717, 1.165) is 18.3 Å². The normalized spacial score (nSPS) is 18.9. The fourth-order valence-corrected chi connectivity index (χ4v) is 2.33. The monoisotopic (exact) mass is 221 g/mol. The van der Waals surface area contributed by atoms with Crippen LogP contribution in [0.1, 0.15) is 47.0 Å². The van der Waals surface area contributed by atoms with E-state index in [2.05, 4.69) is 44.4 Å². The fourth-order valence-electron chi connectivity index (χ4n) is 2.33. The maximum atomic E-state index is 3.27. The standard InChI is InChI=1S/C15H27N/c1-13(2)7-5-6-10-16-11-8-15(9-12-16)14(3)4/h13-15H,6,8-12H2,1-4H3. The molecule has 0 radical (unpaired) electrons. The minimum Gasteiger partial charge on any atom is -0.302 e. The summed E-state index contributed by atoms with van der Waals surface area (Å²) >= 11 is 0. The van der Waals surface area contributed by atoms with Gasteiger partial charge in [-0.2, -0.15) is 0 Å². The van der Waals surface area contributed by atoms with Gasteiger partial charge in [-0.1, -0.05) is 27.7 Å². The van der Waals surface area contributed by atoms with Gasteiger partial charge in [0.1, 0.15) is 0 Å². The van der Waals surface area contributed by atoms with Gasteiger partial charge in [-0.3, -0.25) is 0 Å². The summed E-state index contributed by atoms with van der Waals surface area (Å²) in [5, 5.41) is 0. The molecule has 1 aliphatic rings. The van der Waals surface area contributed by atoms with Crippen LogP contribution in [0.2, 0.25) is 0 Å². The fraction of sp³-hybridized carbons (Fsp3) is 0.867. The summed E-state index contributed by atoms with van der Waals surface area (Å²) < 4.78 is 0. The van der Waals surface area contributed by atoms with E-state index in [1.165, 1.54) is 32.5 Å². The Balaban J connectivity index is 2.16. The third-order valence-corrected chi connectivity index (χ3v) is 3.52. The summed E-state index contributed by atoms with van der Waals surface area (Å²) in [6, 6.07) is 0. The molecular weight excluding hydrogens is 194 g/mol. The Hall–Kier alpha value is -0.480. The van der Waals surface area contributed by atoms with Gasteiger partial charge >= 0.3 is 0 Å². The summed E-state index contributed by atoms with van der Waals surface area (Å²) in [6.07, 6.45) is 3.81. The van der Waals surface area contributed by atoms with Crippen LogP contribution >= 0.6 is 0 Å². The van der Waals surface area contributed by atoms with Crippen molar-refractivity contribution < 1.29 is 0 Å². The Morgan fingerprint density at radius 1 is 1.12 bits per heavy atom. The van der Waals surface area contributed by atoms with Crippen molar-refractivity contribution >= 4 is 0 Å². The second-order valence-electron chi connectivity index (χ2n) is 5.65. The molecule has 0 aliphatic carbocycles. The molecule has 0 atom stereocenters. The number of piperidine rings is 1. The van der Waals surface area contributed by atoms with Gasteiger partial charge in [0.25, 0.3) is 0 Å². The highest BCUT2D eigenvalue weighted by Gasteiger charge is 2.20. The minimum atomic E-state index is 0.520. The highest BCUT2D eigenvalue weighted by Crippen LogP contribution is 2.24. The van der Waals surface area contributed by atoms with Crippen LogP contribution in [-0.4, -0.2) is 24.5 Å². The Morgan fingerprint density at radius 2 is 1.75 bits per heavy atom. The SMILES string of the molecule is CC(C)C#CCCN1CCC(C(C)C)CC1. The number of hydrogen-bond acceptors (Lipinski definition) is 1. The van der Waals surface area contributed by atoms with Gasteiger partial charge in [0, 0.05) is 18.9 Å². The van der Waals surface area contributed by atoms with Gasteiger partial charge in [-0.25, -0.2) is 0 Å². The molecule has 0 spiro atoms. The van der Waals surface area contributed by atoms with Gasteiger partial charge in [0.05, 0.1) is 0 Å². The smallest absolute Gasteiger partial charge is 0.0217 e. The molecule has 1 aliphatic heterocycles. The topological polar surface area (TPSA) is 3.24 Å². The predicted molar refractivity (Wildman–Crippen MR) is 71.2 cm³/mol. The van der Waals surface area contributed by atoms with Crippen LogP contribution in [0.5, 0.6) is 0 Å². The number of rotatable bonds is 3. The van der Waals surface area contributed by atoms with Crippen LogP contribution < -0.4 is 0 Å². The van der Waals surface area contributed by atoms with Gasteiger partial charge in [0.15, 0.2) is 0 Å². The lowest BCUT2D eigenvalue weighted by Crippen LogP contribution is -2.35. The zero-order valence-corrected chi connectivity index (χ0v) is 11.4. The van der Waals surface area contributed by atoms with E-state index in [4.69, 9.17) is 0 Å². The first-order valence-electron chi connectivity index (χ1n) is 6.80. The van der Waals surface area contributed by atoms with Crippen LogP contribution in [0.3, 0.4) is 0 Å². The van der Waals surface area contributed by atoms with E-state index in [1.54, 1.807) is 0 Å². The molecule has 1 nitrogen and oxygen atoms in total. The molecule has 1 heterocycles. The maximum absolute atomic E-state index is 3.27. The van der Waals surface area contributed by atoms with Crippen molar-refractivity contribution in [1.29, 1.82) is 0 Å². The van der Waals surface area contributed by atoms with Crippen molar-refractivity contribution in [2.75, 3.05) is 19.6 Å². The van der Waals surface area contributed by atoms with Crippen LogP contribution in [0.25, 0.3) is 0 Å². The van der Waals surface area contributed by atoms with Crippen LogP contribution in [0.15, 0.2) is 0 Å². The zero-order chi connectivity index (χ0) is 12.0. The van der Waals surface area contributed by atoms with Crippen LogP contribution in [0.4, 0.5) is 0 Å². The minimum absolute atomic E-state index is 0.520. The van der Waals surface area contributed by atoms with Gasteiger partial charge in [-0.15, -0.1) is 11.8 Å². The summed E-state index contributed by atoms with van der Waals surface area (Å²) in [5.41, 5.74) is 0. The lowest BCUT2D eigenvalue weighted by atomic mass is 9.87. The molecule has 0 amide bonds. The molecule has 0 aromatic rings. The highest BCUT2D eigenvalue weighted by atomic mass is 15.1. The van der Waals surface area contributed by atoms with Crippen molar-refractivity contribution in [1.82, 2.24) is 4.90 Å². The first-order chi connectivity index (χ1) is 7.59. The quantitative estimate of drug-likeness (QED) is 0.660. The van der Waals surface area contributed by atoms with Crippen molar-refractivity contribution in [2.24, 2.45) is 17.8 Å². The van der Waals surface area contributed by atoms with Crippen molar-refractivity contribution in [3.63, 3.8) is 0 Å². The Kier molecular flexibility index (Phi) is 5.91. The van der Waals surface area contributed by atoms with Gasteiger partial charge < -0.3 is 4.90 Å². The molecule has 0 N–H and O–H groups in total. The molecule has 1 fully saturated rings. The Bertz CT molecular complexity index is 236. The van der Waals surface area contributed by atoms with Crippen molar-refractivity contribution in [3.05, 3.63) is 0 Å². The largest absolute Gasteiger partial charge is 0.302 e. The lowest BCUT2D eigenvalue weighted by Gasteiger charge is -2.33. The third-order valence-electron chi connectivity index (χ3n) is 3.52. The summed E-state index contributed by atoms with van der Waals surface area (Å²) in [6.45, 7) is 12.8.